The van der Waals surface area contributed by atoms with Gasteiger partial charge in [0.05, 0.1) is 12.8 Å². The summed E-state index contributed by atoms with van der Waals surface area (Å²) in [5.74, 6) is -0.283. The number of carbonyl (C=O) groups excluding carboxylic acids is 2. The average molecular weight is 337 g/mol. The number of hydrogen-bond acceptors (Lipinski definition) is 3. The Kier molecular flexibility index (Phi) is 5.77. The maximum absolute atomic E-state index is 12.0. The molecule has 0 bridgehead atoms. The Morgan fingerprint density at radius 1 is 1.04 bits per heavy atom. The molecule has 1 fully saturated rings. The maximum atomic E-state index is 12.0. The van der Waals surface area contributed by atoms with E-state index < -0.39 is 0 Å². The molecule has 0 spiro atoms. The number of hydrogen-bond donors (Lipinski definition) is 2. The van der Waals surface area contributed by atoms with Crippen molar-refractivity contribution in [2.75, 3.05) is 6.54 Å². The van der Waals surface area contributed by atoms with Gasteiger partial charge >= 0.3 is 0 Å². The van der Waals surface area contributed by atoms with E-state index in [1.165, 1.54) is 6.42 Å². The van der Waals surface area contributed by atoms with Gasteiger partial charge in [-0.3, -0.25) is 9.59 Å². The van der Waals surface area contributed by atoms with Gasteiger partial charge in [0.2, 0.25) is 5.91 Å². The predicted molar refractivity (Wildman–Crippen MR) is 99.3 cm³/mol. The summed E-state index contributed by atoms with van der Waals surface area (Å²) in [6.45, 7) is -0.0395. The van der Waals surface area contributed by atoms with Crippen molar-refractivity contribution in [2.24, 2.45) is 11.0 Å². The molecule has 0 saturated heterocycles. The number of nitrogens with one attached hydrogen (secondary N) is 2. The number of benzene rings is 2. The zero-order chi connectivity index (χ0) is 17.5. The highest BCUT2D eigenvalue weighted by atomic mass is 16.2. The van der Waals surface area contributed by atoms with E-state index in [1.807, 2.05) is 42.5 Å². The molecule has 5 nitrogen and oxygen atoms in total. The van der Waals surface area contributed by atoms with Gasteiger partial charge in [0.1, 0.15) is 0 Å². The lowest BCUT2D eigenvalue weighted by atomic mass is 9.89. The molecule has 0 radical (unpaired) electrons. The summed E-state index contributed by atoms with van der Waals surface area (Å²) in [6, 6.07) is 13.9. The van der Waals surface area contributed by atoms with Crippen LogP contribution in [0.25, 0.3) is 10.8 Å². The van der Waals surface area contributed by atoms with Crippen LogP contribution in [0.3, 0.4) is 0 Å². The van der Waals surface area contributed by atoms with E-state index in [4.69, 9.17) is 0 Å². The van der Waals surface area contributed by atoms with Gasteiger partial charge in [-0.25, -0.2) is 5.43 Å². The van der Waals surface area contributed by atoms with Crippen molar-refractivity contribution in [3.8, 4) is 0 Å². The molecule has 1 aliphatic carbocycles. The van der Waals surface area contributed by atoms with Crippen molar-refractivity contribution in [3.05, 3.63) is 48.0 Å². The number of hydrazone groups is 1. The van der Waals surface area contributed by atoms with E-state index in [9.17, 15) is 9.59 Å². The van der Waals surface area contributed by atoms with Crippen LogP contribution in [-0.2, 0) is 9.59 Å². The third-order valence-corrected chi connectivity index (χ3v) is 4.62. The standard InChI is InChI=1S/C20H23N3O2/c24-19(14-21-20(25)16-8-2-1-3-9-16)23-22-13-17-11-6-10-15-7-4-5-12-18(15)17/h4-7,10-13,16H,1-3,8-9,14H2,(H,21,25)(H,23,24)/b22-13+. The molecule has 3 rings (SSSR count). The lowest BCUT2D eigenvalue weighted by molar-refractivity contribution is -0.129. The maximum Gasteiger partial charge on any atom is 0.259 e. The Hall–Kier alpha value is -2.69. The highest BCUT2D eigenvalue weighted by Gasteiger charge is 2.21. The topological polar surface area (TPSA) is 70.6 Å². The van der Waals surface area contributed by atoms with Crippen LogP contribution < -0.4 is 10.7 Å². The molecule has 25 heavy (non-hydrogen) atoms. The summed E-state index contributed by atoms with van der Waals surface area (Å²) in [5, 5.41) is 8.91. The molecule has 0 aromatic heterocycles. The van der Waals surface area contributed by atoms with Gasteiger partial charge in [0.15, 0.2) is 0 Å². The lowest BCUT2D eigenvalue weighted by Crippen LogP contribution is -2.38. The van der Waals surface area contributed by atoms with E-state index in [0.29, 0.717) is 0 Å². The first kappa shape index (κ1) is 17.1. The van der Waals surface area contributed by atoms with Crippen LogP contribution in [-0.4, -0.2) is 24.6 Å². The summed E-state index contributed by atoms with van der Waals surface area (Å²) >= 11 is 0. The van der Waals surface area contributed by atoms with Crippen LogP contribution in [0.4, 0.5) is 0 Å². The second-order valence-electron chi connectivity index (χ2n) is 6.41. The van der Waals surface area contributed by atoms with Crippen molar-refractivity contribution < 1.29 is 9.59 Å². The van der Waals surface area contributed by atoms with E-state index in [1.54, 1.807) is 6.21 Å². The molecule has 1 saturated carbocycles. The molecular weight excluding hydrogens is 314 g/mol. The molecule has 0 aliphatic heterocycles. The Bertz CT molecular complexity index is 774. The van der Waals surface area contributed by atoms with Gasteiger partial charge < -0.3 is 5.32 Å². The highest BCUT2D eigenvalue weighted by Crippen LogP contribution is 2.23. The van der Waals surface area contributed by atoms with E-state index in [0.717, 1.165) is 42.0 Å². The summed E-state index contributed by atoms with van der Waals surface area (Å²) in [6.07, 6.45) is 6.87. The zero-order valence-corrected chi connectivity index (χ0v) is 14.2. The third-order valence-electron chi connectivity index (χ3n) is 4.62. The fourth-order valence-electron chi connectivity index (χ4n) is 3.25. The van der Waals surface area contributed by atoms with Crippen molar-refractivity contribution in [1.82, 2.24) is 10.7 Å². The zero-order valence-electron chi connectivity index (χ0n) is 14.2. The van der Waals surface area contributed by atoms with Gasteiger partial charge in [-0.1, -0.05) is 61.7 Å². The smallest absolute Gasteiger partial charge is 0.259 e. The Balaban J connectivity index is 1.50. The summed E-state index contributed by atoms with van der Waals surface area (Å²) < 4.78 is 0. The molecule has 2 amide bonds. The van der Waals surface area contributed by atoms with E-state index in [-0.39, 0.29) is 24.3 Å². The number of carbonyl (C=O) groups is 2. The van der Waals surface area contributed by atoms with Gasteiger partial charge in [-0.15, -0.1) is 0 Å². The summed E-state index contributed by atoms with van der Waals surface area (Å²) in [4.78, 5) is 23.9. The van der Waals surface area contributed by atoms with E-state index in [2.05, 4.69) is 15.8 Å². The number of rotatable bonds is 5. The fourth-order valence-corrected chi connectivity index (χ4v) is 3.25. The molecule has 2 aromatic rings. The molecule has 5 heteroatoms. The monoisotopic (exact) mass is 337 g/mol. The first-order chi connectivity index (χ1) is 12.2. The van der Waals surface area contributed by atoms with Gasteiger partial charge in [0.25, 0.3) is 5.91 Å². The van der Waals surface area contributed by atoms with Crippen molar-refractivity contribution in [1.29, 1.82) is 0 Å². The van der Waals surface area contributed by atoms with E-state index >= 15 is 0 Å². The second kappa shape index (κ2) is 8.42. The van der Waals surface area contributed by atoms with Crippen molar-refractivity contribution in [2.45, 2.75) is 32.1 Å². The van der Waals surface area contributed by atoms with Crippen LogP contribution in [0.1, 0.15) is 37.7 Å². The molecule has 130 valence electrons. The molecule has 0 unspecified atom stereocenters. The normalized spacial score (nSPS) is 15.4. The quantitative estimate of drug-likeness (QED) is 0.650. The fraction of sp³-hybridized carbons (Fsp3) is 0.350. The van der Waals surface area contributed by atoms with Crippen molar-refractivity contribution in [3.63, 3.8) is 0 Å². The molecule has 2 N–H and O–H groups in total. The van der Waals surface area contributed by atoms with Crippen LogP contribution in [0, 0.1) is 5.92 Å². The largest absolute Gasteiger partial charge is 0.347 e. The predicted octanol–water partition coefficient (Wildman–Crippen LogP) is 2.99. The van der Waals surface area contributed by atoms with Crippen molar-refractivity contribution >= 4 is 28.8 Å². The minimum absolute atomic E-state index is 0.0205. The van der Waals surface area contributed by atoms with Gasteiger partial charge in [0, 0.05) is 11.5 Å². The molecule has 0 heterocycles. The molecule has 0 atom stereocenters. The Morgan fingerprint density at radius 2 is 1.80 bits per heavy atom. The first-order valence-electron chi connectivity index (χ1n) is 8.81. The van der Waals surface area contributed by atoms with Crippen LogP contribution in [0.2, 0.25) is 0 Å². The Labute approximate surface area is 147 Å². The van der Waals surface area contributed by atoms with Crippen LogP contribution in [0.5, 0.6) is 0 Å². The summed E-state index contributed by atoms with van der Waals surface area (Å²) in [7, 11) is 0. The SMILES string of the molecule is O=C(CNC(=O)C1CCCCC1)N/N=C/c1cccc2ccccc12. The van der Waals surface area contributed by atoms with Crippen LogP contribution in [0.15, 0.2) is 47.6 Å². The number of fused-ring (bicyclic) bond motifs is 1. The molecule has 2 aromatic carbocycles. The van der Waals surface area contributed by atoms with Gasteiger partial charge in [-0.05, 0) is 23.6 Å². The second-order valence-corrected chi connectivity index (χ2v) is 6.41. The van der Waals surface area contributed by atoms with Crippen LogP contribution >= 0.6 is 0 Å². The average Bonchev–Trinajstić information content (AvgIpc) is 2.67. The minimum Gasteiger partial charge on any atom is -0.347 e. The minimum atomic E-state index is -0.319. The third kappa shape index (κ3) is 4.66. The lowest BCUT2D eigenvalue weighted by Gasteiger charge is -2.20. The molecule has 1 aliphatic rings. The number of amides is 2. The summed E-state index contributed by atoms with van der Waals surface area (Å²) in [5.41, 5.74) is 3.40. The highest BCUT2D eigenvalue weighted by molar-refractivity contribution is 6.00. The number of nitrogens with zero attached hydrogens (tertiary/aromatic N) is 1. The van der Waals surface area contributed by atoms with Gasteiger partial charge in [-0.2, -0.15) is 5.10 Å². The Morgan fingerprint density at radius 3 is 2.64 bits per heavy atom. The molecular formula is C20H23N3O2. The first-order valence-corrected chi connectivity index (χ1v) is 8.81.